The van der Waals surface area contributed by atoms with Crippen LogP contribution in [0.4, 0.5) is 0 Å². The maximum atomic E-state index is 5.87. The van der Waals surface area contributed by atoms with E-state index in [0.29, 0.717) is 6.61 Å². The van der Waals surface area contributed by atoms with E-state index in [1.54, 1.807) is 12.5 Å². The molecule has 0 saturated heterocycles. The first kappa shape index (κ1) is 13.1. The minimum Gasteiger partial charge on any atom is -0.485 e. The zero-order valence-corrected chi connectivity index (χ0v) is 12.9. The van der Waals surface area contributed by atoms with E-state index in [4.69, 9.17) is 4.74 Å². The molecule has 3 rings (SSSR count). The molecule has 0 N–H and O–H groups in total. The highest BCUT2D eigenvalue weighted by molar-refractivity contribution is 9.10. The third-order valence-corrected chi connectivity index (χ3v) is 3.71. The van der Waals surface area contributed by atoms with Crippen LogP contribution in [0.15, 0.2) is 41.3 Å². The van der Waals surface area contributed by atoms with Gasteiger partial charge in [-0.1, -0.05) is 15.9 Å². The van der Waals surface area contributed by atoms with Gasteiger partial charge in [-0.05, 0) is 31.2 Å². The highest BCUT2D eigenvalue weighted by Crippen LogP contribution is 2.25. The number of hydrogen-bond donors (Lipinski definition) is 0. The van der Waals surface area contributed by atoms with E-state index in [2.05, 4.69) is 25.9 Å². The fourth-order valence-electron chi connectivity index (χ4n) is 2.05. The van der Waals surface area contributed by atoms with Crippen LogP contribution in [0, 0.1) is 6.92 Å². The zero-order chi connectivity index (χ0) is 14.1. The first-order chi connectivity index (χ1) is 9.63. The van der Waals surface area contributed by atoms with Gasteiger partial charge in [0.1, 0.15) is 12.4 Å². The summed E-state index contributed by atoms with van der Waals surface area (Å²) in [5.74, 6) is 0.803. The highest BCUT2D eigenvalue weighted by Gasteiger charge is 2.06. The van der Waals surface area contributed by atoms with Crippen molar-refractivity contribution >= 4 is 26.8 Å². The van der Waals surface area contributed by atoms with Gasteiger partial charge in [0.05, 0.1) is 29.4 Å². The van der Waals surface area contributed by atoms with Crippen molar-refractivity contribution in [3.8, 4) is 5.75 Å². The molecule has 3 aromatic rings. The molecule has 20 heavy (non-hydrogen) atoms. The number of hydrogen-bond acceptors (Lipinski definition) is 3. The molecule has 4 nitrogen and oxygen atoms in total. The summed E-state index contributed by atoms with van der Waals surface area (Å²) in [5, 5.41) is 1.06. The molecule has 0 aliphatic carbocycles. The lowest BCUT2D eigenvalue weighted by atomic mass is 10.2. The summed E-state index contributed by atoms with van der Waals surface area (Å²) in [6.45, 7) is 2.44. The van der Waals surface area contributed by atoms with Crippen molar-refractivity contribution in [2.45, 2.75) is 13.5 Å². The van der Waals surface area contributed by atoms with Gasteiger partial charge < -0.3 is 9.30 Å². The minimum atomic E-state index is 0.485. The molecule has 2 heterocycles. The SMILES string of the molecule is Cc1nc2ccc(Br)cc2cc1OCc1cncn1C. The van der Waals surface area contributed by atoms with Gasteiger partial charge in [-0.15, -0.1) is 0 Å². The molecule has 0 spiro atoms. The first-order valence-electron chi connectivity index (χ1n) is 6.28. The molecule has 0 fully saturated rings. The van der Waals surface area contributed by atoms with E-state index < -0.39 is 0 Å². The Bertz CT molecular complexity index is 767. The standard InChI is InChI=1S/C15H14BrN3O/c1-10-15(20-8-13-7-17-9-19(13)2)6-11-5-12(16)3-4-14(11)18-10/h3-7,9H,8H2,1-2H3. The average Bonchev–Trinajstić information content (AvgIpc) is 2.82. The van der Waals surface area contributed by atoms with Crippen LogP contribution >= 0.6 is 15.9 Å². The summed E-state index contributed by atoms with van der Waals surface area (Å²) in [4.78, 5) is 8.65. The van der Waals surface area contributed by atoms with Crippen LogP contribution in [-0.2, 0) is 13.7 Å². The molecule has 0 aliphatic rings. The normalized spacial score (nSPS) is 10.9. The molecule has 2 aromatic heterocycles. The lowest BCUT2D eigenvalue weighted by molar-refractivity contribution is 0.294. The topological polar surface area (TPSA) is 39.9 Å². The fourth-order valence-corrected chi connectivity index (χ4v) is 2.42. The number of fused-ring (bicyclic) bond motifs is 1. The van der Waals surface area contributed by atoms with Gasteiger partial charge in [-0.3, -0.25) is 0 Å². The van der Waals surface area contributed by atoms with Crippen molar-refractivity contribution in [3.05, 3.63) is 52.7 Å². The van der Waals surface area contributed by atoms with Gasteiger partial charge in [-0.2, -0.15) is 0 Å². The van der Waals surface area contributed by atoms with Crippen molar-refractivity contribution in [1.29, 1.82) is 0 Å². The Hall–Kier alpha value is -1.88. The summed E-state index contributed by atoms with van der Waals surface area (Å²) in [5.41, 5.74) is 2.89. The Morgan fingerprint density at radius 2 is 2.15 bits per heavy atom. The van der Waals surface area contributed by atoms with Crippen LogP contribution in [0.2, 0.25) is 0 Å². The monoisotopic (exact) mass is 331 g/mol. The number of rotatable bonds is 3. The first-order valence-corrected chi connectivity index (χ1v) is 7.08. The van der Waals surface area contributed by atoms with E-state index in [1.807, 2.05) is 42.8 Å². The zero-order valence-electron chi connectivity index (χ0n) is 11.3. The predicted octanol–water partition coefficient (Wildman–Crippen LogP) is 3.62. The van der Waals surface area contributed by atoms with E-state index in [1.165, 1.54) is 0 Å². The highest BCUT2D eigenvalue weighted by atomic mass is 79.9. The number of aryl methyl sites for hydroxylation is 2. The summed E-state index contributed by atoms with van der Waals surface area (Å²) in [7, 11) is 1.95. The Morgan fingerprint density at radius 3 is 2.90 bits per heavy atom. The smallest absolute Gasteiger partial charge is 0.141 e. The maximum absolute atomic E-state index is 5.87. The molecule has 0 saturated carbocycles. The van der Waals surface area contributed by atoms with Crippen LogP contribution in [0.25, 0.3) is 10.9 Å². The maximum Gasteiger partial charge on any atom is 0.141 e. The lowest BCUT2D eigenvalue weighted by Gasteiger charge is -2.10. The number of ether oxygens (including phenoxy) is 1. The minimum absolute atomic E-state index is 0.485. The van der Waals surface area contributed by atoms with E-state index >= 15 is 0 Å². The molecule has 0 bridgehead atoms. The molecule has 102 valence electrons. The van der Waals surface area contributed by atoms with Crippen LogP contribution in [0.5, 0.6) is 5.75 Å². The summed E-state index contributed by atoms with van der Waals surface area (Å²) >= 11 is 3.48. The molecule has 0 amide bonds. The van der Waals surface area contributed by atoms with Gasteiger partial charge in [0.25, 0.3) is 0 Å². The van der Waals surface area contributed by atoms with Crippen LogP contribution in [0.3, 0.4) is 0 Å². The van der Waals surface area contributed by atoms with Gasteiger partial charge in [-0.25, -0.2) is 9.97 Å². The van der Waals surface area contributed by atoms with Gasteiger partial charge >= 0.3 is 0 Å². The Kier molecular flexibility index (Phi) is 3.44. The summed E-state index contributed by atoms with van der Waals surface area (Å²) in [6.07, 6.45) is 3.57. The largest absolute Gasteiger partial charge is 0.485 e. The summed E-state index contributed by atoms with van der Waals surface area (Å²) < 4.78 is 8.85. The molecule has 0 aliphatic heterocycles. The number of pyridine rings is 1. The Balaban J connectivity index is 1.91. The second-order valence-electron chi connectivity index (χ2n) is 4.69. The Labute approximate surface area is 125 Å². The van der Waals surface area contributed by atoms with Crippen molar-refractivity contribution in [3.63, 3.8) is 0 Å². The second kappa shape index (κ2) is 5.25. The number of aromatic nitrogens is 3. The molecular weight excluding hydrogens is 318 g/mol. The lowest BCUT2D eigenvalue weighted by Crippen LogP contribution is -2.02. The third kappa shape index (κ3) is 2.54. The van der Waals surface area contributed by atoms with Crippen molar-refractivity contribution in [2.75, 3.05) is 0 Å². The number of halogens is 1. The molecule has 1 aromatic carbocycles. The number of imidazole rings is 1. The van der Waals surface area contributed by atoms with E-state index in [9.17, 15) is 0 Å². The molecule has 5 heteroatoms. The number of nitrogens with zero attached hydrogens (tertiary/aromatic N) is 3. The van der Waals surface area contributed by atoms with Crippen molar-refractivity contribution in [2.24, 2.45) is 7.05 Å². The molecule has 0 radical (unpaired) electrons. The van der Waals surface area contributed by atoms with E-state index in [0.717, 1.165) is 32.5 Å². The molecular formula is C15H14BrN3O. The van der Waals surface area contributed by atoms with Crippen LogP contribution in [0.1, 0.15) is 11.4 Å². The van der Waals surface area contributed by atoms with Crippen LogP contribution in [-0.4, -0.2) is 14.5 Å². The molecule has 0 atom stereocenters. The average molecular weight is 332 g/mol. The van der Waals surface area contributed by atoms with Crippen LogP contribution < -0.4 is 4.74 Å². The summed E-state index contributed by atoms with van der Waals surface area (Å²) in [6, 6.07) is 8.06. The van der Waals surface area contributed by atoms with Gasteiger partial charge in [0.15, 0.2) is 0 Å². The van der Waals surface area contributed by atoms with Gasteiger partial charge in [0.2, 0.25) is 0 Å². The molecule has 0 unspecified atom stereocenters. The van der Waals surface area contributed by atoms with Crippen molar-refractivity contribution in [1.82, 2.24) is 14.5 Å². The van der Waals surface area contributed by atoms with E-state index in [-0.39, 0.29) is 0 Å². The number of benzene rings is 1. The quantitative estimate of drug-likeness (QED) is 0.735. The second-order valence-corrected chi connectivity index (χ2v) is 5.61. The Morgan fingerprint density at radius 1 is 1.30 bits per heavy atom. The fraction of sp³-hybridized carbons (Fsp3) is 0.200. The third-order valence-electron chi connectivity index (χ3n) is 3.21. The van der Waals surface area contributed by atoms with Gasteiger partial charge in [0, 0.05) is 16.9 Å². The van der Waals surface area contributed by atoms with Crippen molar-refractivity contribution < 1.29 is 4.74 Å². The predicted molar refractivity (Wildman–Crippen MR) is 81.7 cm³/mol.